The first kappa shape index (κ1) is 17.3. The summed E-state index contributed by atoms with van der Waals surface area (Å²) in [5.74, 6) is 6.10. The molecule has 1 amide bonds. The maximum atomic E-state index is 12.5. The van der Waals surface area contributed by atoms with Crippen LogP contribution in [0.15, 0.2) is 24.3 Å². The molecule has 1 heterocycles. The van der Waals surface area contributed by atoms with Gasteiger partial charge in [0.1, 0.15) is 11.8 Å². The highest BCUT2D eigenvalue weighted by Gasteiger charge is 2.42. The normalized spacial score (nSPS) is 17.4. The van der Waals surface area contributed by atoms with Gasteiger partial charge in [-0.1, -0.05) is 32.1 Å². The molecule has 1 atom stereocenters. The first-order valence-corrected chi connectivity index (χ1v) is 7.91. The number of amides is 1. The molecule has 0 spiro atoms. The fraction of sp³-hybridized carbons (Fsp3) is 0.500. The molecule has 0 aliphatic carbocycles. The Labute approximate surface area is 138 Å². The lowest BCUT2D eigenvalue weighted by atomic mass is 9.84. The molecule has 3 N–H and O–H groups in total. The van der Waals surface area contributed by atoms with Gasteiger partial charge in [0.15, 0.2) is 0 Å². The Hall–Kier alpha value is -2.01. The van der Waals surface area contributed by atoms with Crippen molar-refractivity contribution in [1.29, 1.82) is 0 Å². The second-order valence-corrected chi connectivity index (χ2v) is 6.90. The van der Waals surface area contributed by atoms with Gasteiger partial charge in [-0.25, -0.2) is 5.84 Å². The largest absolute Gasteiger partial charge is 0.495 e. The maximum absolute atomic E-state index is 12.5. The van der Waals surface area contributed by atoms with Crippen molar-refractivity contribution in [2.75, 3.05) is 12.0 Å². The van der Waals surface area contributed by atoms with Gasteiger partial charge in [-0.05, 0) is 38.3 Å². The molecule has 1 aromatic carbocycles. The van der Waals surface area contributed by atoms with Gasteiger partial charge < -0.3 is 9.64 Å². The number of nitrogens with two attached hydrogens (primary N) is 1. The van der Waals surface area contributed by atoms with Crippen molar-refractivity contribution < 1.29 is 9.53 Å². The molecule has 1 aliphatic heterocycles. The van der Waals surface area contributed by atoms with Gasteiger partial charge in [-0.2, -0.15) is 0 Å². The zero-order valence-electron chi connectivity index (χ0n) is 14.8. The minimum atomic E-state index is -0.394. The smallest absolute Gasteiger partial charge is 0.256 e. The molecular weight excluding hydrogens is 290 g/mol. The van der Waals surface area contributed by atoms with E-state index in [0.717, 1.165) is 17.0 Å². The lowest BCUT2D eigenvalue weighted by Gasteiger charge is -2.48. The van der Waals surface area contributed by atoms with E-state index in [1.807, 2.05) is 26.0 Å². The number of nitrogens with one attached hydrogen (secondary N) is 1. The highest BCUT2D eigenvalue weighted by atomic mass is 16.5. The molecule has 0 aromatic heterocycles. The average Bonchev–Trinajstić information content (AvgIpc) is 2.49. The highest BCUT2D eigenvalue weighted by Crippen LogP contribution is 2.46. The minimum absolute atomic E-state index is 0.0855. The van der Waals surface area contributed by atoms with Gasteiger partial charge in [0, 0.05) is 5.56 Å². The molecule has 0 saturated heterocycles. The van der Waals surface area contributed by atoms with Crippen LogP contribution in [0.5, 0.6) is 5.75 Å². The number of rotatable bonds is 4. The molecule has 2 rings (SSSR count). The van der Waals surface area contributed by atoms with Crippen LogP contribution in [0.1, 0.15) is 40.2 Å². The Morgan fingerprint density at radius 1 is 1.35 bits per heavy atom. The fourth-order valence-electron chi connectivity index (χ4n) is 3.52. The predicted molar refractivity (Wildman–Crippen MR) is 94.2 cm³/mol. The summed E-state index contributed by atoms with van der Waals surface area (Å²) in [6.07, 6.45) is 2.19. The van der Waals surface area contributed by atoms with Crippen molar-refractivity contribution in [2.24, 2.45) is 11.8 Å². The first-order valence-electron chi connectivity index (χ1n) is 7.91. The SMILES string of the molecule is COc1cccc2c1N([C@@H](C(=O)NN)C(C)C)C(C)(C)C=C2C. The van der Waals surface area contributed by atoms with Crippen LogP contribution in [0.3, 0.4) is 0 Å². The topological polar surface area (TPSA) is 67.6 Å². The monoisotopic (exact) mass is 317 g/mol. The Bertz CT molecular complexity index is 635. The summed E-state index contributed by atoms with van der Waals surface area (Å²) in [6.45, 7) is 10.3. The molecule has 1 aliphatic rings. The Morgan fingerprint density at radius 2 is 2.00 bits per heavy atom. The summed E-state index contributed by atoms with van der Waals surface area (Å²) in [7, 11) is 1.65. The Kier molecular flexibility index (Phi) is 4.71. The number of benzene rings is 1. The number of hydrazine groups is 1. The van der Waals surface area contributed by atoms with Crippen LogP contribution in [0.4, 0.5) is 5.69 Å². The van der Waals surface area contributed by atoms with Crippen molar-refractivity contribution in [3.63, 3.8) is 0 Å². The van der Waals surface area contributed by atoms with Crippen LogP contribution >= 0.6 is 0 Å². The van der Waals surface area contributed by atoms with Gasteiger partial charge in [0.25, 0.3) is 5.91 Å². The molecule has 0 saturated carbocycles. The van der Waals surface area contributed by atoms with Crippen LogP contribution in [0.2, 0.25) is 0 Å². The van der Waals surface area contributed by atoms with E-state index in [4.69, 9.17) is 10.6 Å². The molecule has 0 unspecified atom stereocenters. The van der Waals surface area contributed by atoms with E-state index >= 15 is 0 Å². The first-order chi connectivity index (χ1) is 10.7. The number of hydrogen-bond acceptors (Lipinski definition) is 4. The number of allylic oxidation sites excluding steroid dienone is 1. The summed E-state index contributed by atoms with van der Waals surface area (Å²) in [5.41, 5.74) is 5.18. The molecule has 5 nitrogen and oxygen atoms in total. The second-order valence-electron chi connectivity index (χ2n) is 6.90. The third-order valence-corrected chi connectivity index (χ3v) is 4.40. The number of fused-ring (bicyclic) bond motifs is 1. The molecule has 1 aromatic rings. The zero-order valence-corrected chi connectivity index (χ0v) is 14.8. The van der Waals surface area contributed by atoms with E-state index in [2.05, 4.69) is 43.2 Å². The quantitative estimate of drug-likeness (QED) is 0.509. The van der Waals surface area contributed by atoms with Crippen molar-refractivity contribution in [3.05, 3.63) is 29.8 Å². The molecule has 23 heavy (non-hydrogen) atoms. The van der Waals surface area contributed by atoms with Gasteiger partial charge >= 0.3 is 0 Å². The zero-order chi connectivity index (χ0) is 17.4. The van der Waals surface area contributed by atoms with Gasteiger partial charge in [0.2, 0.25) is 0 Å². The number of nitrogens with zero attached hydrogens (tertiary/aromatic N) is 1. The number of carbonyl (C=O) groups excluding carboxylic acids is 1. The Morgan fingerprint density at radius 3 is 2.52 bits per heavy atom. The average molecular weight is 317 g/mol. The van der Waals surface area contributed by atoms with Crippen LogP contribution in [0.25, 0.3) is 5.57 Å². The number of ether oxygens (including phenoxy) is 1. The van der Waals surface area contributed by atoms with E-state index in [0.29, 0.717) is 0 Å². The van der Waals surface area contributed by atoms with Crippen LogP contribution < -0.4 is 20.9 Å². The third-order valence-electron chi connectivity index (χ3n) is 4.40. The maximum Gasteiger partial charge on any atom is 0.256 e. The lowest BCUT2D eigenvalue weighted by Crippen LogP contribution is -2.59. The van der Waals surface area contributed by atoms with Crippen molar-refractivity contribution in [3.8, 4) is 5.75 Å². The van der Waals surface area contributed by atoms with Crippen molar-refractivity contribution in [2.45, 2.75) is 46.2 Å². The number of methoxy groups -OCH3 is 1. The molecule has 0 radical (unpaired) electrons. The number of anilines is 1. The van der Waals surface area contributed by atoms with E-state index < -0.39 is 6.04 Å². The second kappa shape index (κ2) is 6.24. The summed E-state index contributed by atoms with van der Waals surface area (Å²) in [5, 5.41) is 0. The van der Waals surface area contributed by atoms with Crippen LogP contribution in [-0.2, 0) is 4.79 Å². The minimum Gasteiger partial charge on any atom is -0.495 e. The fourth-order valence-corrected chi connectivity index (χ4v) is 3.52. The van der Waals surface area contributed by atoms with Gasteiger partial charge in [0.05, 0.1) is 18.3 Å². The van der Waals surface area contributed by atoms with E-state index in [1.165, 1.54) is 5.57 Å². The van der Waals surface area contributed by atoms with Crippen LogP contribution in [0, 0.1) is 5.92 Å². The number of para-hydroxylation sites is 1. The standard InChI is InChI=1S/C18H27N3O2/c1-11(2)15(17(22)20-19)21-16-13(8-7-9-14(16)23-6)12(3)10-18(21,4)5/h7-11,15H,19H2,1-6H3,(H,20,22)/t15-/m1/s1. The Balaban J connectivity index is 2.74. The summed E-state index contributed by atoms with van der Waals surface area (Å²) in [6, 6.07) is 5.57. The molecule has 5 heteroatoms. The van der Waals surface area contributed by atoms with Gasteiger partial charge in [-0.15, -0.1) is 0 Å². The van der Waals surface area contributed by atoms with E-state index in [9.17, 15) is 4.79 Å². The van der Waals surface area contributed by atoms with Gasteiger partial charge in [-0.3, -0.25) is 10.2 Å². The third kappa shape index (κ3) is 2.93. The summed E-state index contributed by atoms with van der Waals surface area (Å²) < 4.78 is 5.60. The van der Waals surface area contributed by atoms with Crippen molar-refractivity contribution in [1.82, 2.24) is 5.43 Å². The molecule has 126 valence electrons. The molecule has 0 fully saturated rings. The van der Waals surface area contributed by atoms with Crippen LogP contribution in [-0.4, -0.2) is 24.6 Å². The van der Waals surface area contributed by atoms with E-state index in [-0.39, 0.29) is 17.4 Å². The predicted octanol–water partition coefficient (Wildman–Crippen LogP) is 2.71. The van der Waals surface area contributed by atoms with Crippen molar-refractivity contribution >= 4 is 17.2 Å². The summed E-state index contributed by atoms with van der Waals surface area (Å²) in [4.78, 5) is 14.6. The number of carbonyl (C=O) groups is 1. The van der Waals surface area contributed by atoms with E-state index in [1.54, 1.807) is 7.11 Å². The highest BCUT2D eigenvalue weighted by molar-refractivity contribution is 5.91. The molecule has 0 bridgehead atoms. The molecular formula is C18H27N3O2. The summed E-state index contributed by atoms with van der Waals surface area (Å²) >= 11 is 0. The number of hydrogen-bond donors (Lipinski definition) is 2. The lowest BCUT2D eigenvalue weighted by molar-refractivity contribution is -0.123.